The number of benzene rings is 1. The van der Waals surface area contributed by atoms with Gasteiger partial charge < -0.3 is 10.5 Å². The Morgan fingerprint density at radius 1 is 1.40 bits per heavy atom. The number of halogens is 1. The molecule has 0 amide bonds. The highest BCUT2D eigenvalue weighted by Gasteiger charge is 2.32. The molecular weight excluding hydrogens is 300 g/mol. The average molecular weight is 319 g/mol. The minimum Gasteiger partial charge on any atom is -0.398 e. The molecule has 2 atom stereocenters. The number of anilines is 1. The topological polar surface area (TPSA) is 81.4 Å². The van der Waals surface area contributed by atoms with Crippen LogP contribution in [0.4, 0.5) is 5.69 Å². The second-order valence-electron chi connectivity index (χ2n) is 5.07. The molecule has 0 aliphatic heterocycles. The second-order valence-corrected chi connectivity index (χ2v) is 7.16. The molecule has 1 aliphatic rings. The van der Waals surface area contributed by atoms with Crippen LogP contribution in [-0.2, 0) is 14.8 Å². The molecule has 1 aromatic carbocycles. The Morgan fingerprint density at radius 2 is 2.10 bits per heavy atom. The van der Waals surface area contributed by atoms with E-state index in [2.05, 4.69) is 4.72 Å². The first-order chi connectivity index (χ1) is 9.35. The van der Waals surface area contributed by atoms with E-state index in [4.69, 9.17) is 22.1 Å². The Hall–Kier alpha value is -0.820. The Kier molecular flexibility index (Phi) is 4.59. The summed E-state index contributed by atoms with van der Waals surface area (Å²) in [4.78, 5) is 0.0176. The van der Waals surface area contributed by atoms with E-state index < -0.39 is 10.0 Å². The molecule has 1 saturated carbocycles. The highest BCUT2D eigenvalue weighted by molar-refractivity contribution is 7.89. The van der Waals surface area contributed by atoms with Crippen LogP contribution in [-0.4, -0.2) is 27.7 Å². The zero-order valence-electron chi connectivity index (χ0n) is 11.5. The first-order valence-electron chi connectivity index (χ1n) is 6.46. The molecule has 0 saturated heterocycles. The zero-order valence-corrected chi connectivity index (χ0v) is 13.1. The monoisotopic (exact) mass is 318 g/mol. The first-order valence-corrected chi connectivity index (χ1v) is 8.32. The van der Waals surface area contributed by atoms with Crippen LogP contribution in [0.3, 0.4) is 0 Å². The number of methoxy groups -OCH3 is 1. The van der Waals surface area contributed by atoms with Crippen LogP contribution in [0.25, 0.3) is 0 Å². The molecule has 2 unspecified atom stereocenters. The fourth-order valence-electron chi connectivity index (χ4n) is 2.48. The normalized spacial score (nSPS) is 23.1. The minimum absolute atomic E-state index is 0.0176. The van der Waals surface area contributed by atoms with Gasteiger partial charge in [0.25, 0.3) is 0 Å². The molecule has 0 heterocycles. The van der Waals surface area contributed by atoms with Crippen molar-refractivity contribution in [1.29, 1.82) is 0 Å². The number of hydrogen-bond acceptors (Lipinski definition) is 4. The predicted molar refractivity (Wildman–Crippen MR) is 79.4 cm³/mol. The van der Waals surface area contributed by atoms with Crippen LogP contribution in [0.15, 0.2) is 17.0 Å². The maximum atomic E-state index is 12.4. The van der Waals surface area contributed by atoms with E-state index in [9.17, 15) is 8.42 Å². The first kappa shape index (κ1) is 15.6. The Labute approximate surface area is 124 Å². The van der Waals surface area contributed by atoms with Crippen molar-refractivity contribution in [3.63, 3.8) is 0 Å². The largest absolute Gasteiger partial charge is 0.398 e. The smallest absolute Gasteiger partial charge is 0.242 e. The molecular formula is C13H19ClN2O3S. The van der Waals surface area contributed by atoms with E-state index in [-0.39, 0.29) is 22.1 Å². The third kappa shape index (κ3) is 3.09. The standard InChI is InChI=1S/C13H19ClN2O3S/c1-8-6-9(14)13(7-10(8)15)20(17,18)16-11-4-3-5-12(11)19-2/h6-7,11-12,16H,3-5,15H2,1-2H3. The molecule has 1 aliphatic carbocycles. The van der Waals surface area contributed by atoms with Crippen LogP contribution in [0, 0.1) is 6.92 Å². The lowest BCUT2D eigenvalue weighted by molar-refractivity contribution is 0.0916. The molecule has 1 fully saturated rings. The van der Waals surface area contributed by atoms with Gasteiger partial charge in [-0.3, -0.25) is 0 Å². The maximum absolute atomic E-state index is 12.4. The quantitative estimate of drug-likeness (QED) is 0.833. The minimum atomic E-state index is -3.70. The van der Waals surface area contributed by atoms with Crippen molar-refractivity contribution < 1.29 is 13.2 Å². The van der Waals surface area contributed by atoms with Crippen molar-refractivity contribution >= 4 is 27.3 Å². The molecule has 112 valence electrons. The molecule has 7 heteroatoms. The van der Waals surface area contributed by atoms with Crippen molar-refractivity contribution in [3.8, 4) is 0 Å². The van der Waals surface area contributed by atoms with Gasteiger partial charge in [0.05, 0.1) is 11.1 Å². The van der Waals surface area contributed by atoms with Crippen molar-refractivity contribution in [3.05, 3.63) is 22.7 Å². The van der Waals surface area contributed by atoms with Crippen molar-refractivity contribution in [2.75, 3.05) is 12.8 Å². The van der Waals surface area contributed by atoms with Gasteiger partial charge in [-0.25, -0.2) is 13.1 Å². The highest BCUT2D eigenvalue weighted by Crippen LogP contribution is 2.29. The van der Waals surface area contributed by atoms with Gasteiger partial charge in [0.15, 0.2) is 0 Å². The summed E-state index contributed by atoms with van der Waals surface area (Å²) >= 11 is 6.04. The summed E-state index contributed by atoms with van der Waals surface area (Å²) in [6.45, 7) is 1.78. The number of nitrogen functional groups attached to an aromatic ring is 1. The van der Waals surface area contributed by atoms with Crippen LogP contribution < -0.4 is 10.5 Å². The summed E-state index contributed by atoms with van der Waals surface area (Å²) in [5.74, 6) is 0. The van der Waals surface area contributed by atoms with Crippen LogP contribution in [0.5, 0.6) is 0 Å². The number of rotatable bonds is 4. The van der Waals surface area contributed by atoms with E-state index in [1.54, 1.807) is 20.1 Å². The van der Waals surface area contributed by atoms with Gasteiger partial charge >= 0.3 is 0 Å². The van der Waals surface area contributed by atoms with Crippen LogP contribution in [0.1, 0.15) is 24.8 Å². The summed E-state index contributed by atoms with van der Waals surface area (Å²) in [6.07, 6.45) is 2.46. The SMILES string of the molecule is COC1CCCC1NS(=O)(=O)c1cc(N)c(C)cc1Cl. The molecule has 20 heavy (non-hydrogen) atoms. The van der Waals surface area contributed by atoms with Gasteiger partial charge in [-0.05, 0) is 43.9 Å². The molecule has 0 spiro atoms. The Bertz CT molecular complexity index is 604. The molecule has 5 nitrogen and oxygen atoms in total. The summed E-state index contributed by atoms with van der Waals surface area (Å²) in [6, 6.07) is 2.74. The molecule has 3 N–H and O–H groups in total. The van der Waals surface area contributed by atoms with Gasteiger partial charge in [0.1, 0.15) is 4.90 Å². The van der Waals surface area contributed by atoms with Crippen LogP contribution >= 0.6 is 11.6 Å². The van der Waals surface area contributed by atoms with Crippen LogP contribution in [0.2, 0.25) is 5.02 Å². The summed E-state index contributed by atoms with van der Waals surface area (Å²) in [5.41, 5.74) is 6.93. The van der Waals surface area contributed by atoms with Crippen molar-refractivity contribution in [2.45, 2.75) is 43.2 Å². The number of ether oxygens (including phenoxy) is 1. The number of sulfonamides is 1. The third-order valence-electron chi connectivity index (χ3n) is 3.67. The fraction of sp³-hybridized carbons (Fsp3) is 0.538. The van der Waals surface area contributed by atoms with Gasteiger partial charge in [-0.2, -0.15) is 0 Å². The van der Waals surface area contributed by atoms with Gasteiger partial charge in [0.2, 0.25) is 10.0 Å². The maximum Gasteiger partial charge on any atom is 0.242 e. The van der Waals surface area contributed by atoms with E-state index in [0.29, 0.717) is 5.69 Å². The molecule has 0 aromatic heterocycles. The lowest BCUT2D eigenvalue weighted by Crippen LogP contribution is -2.40. The third-order valence-corrected chi connectivity index (χ3v) is 5.63. The number of aryl methyl sites for hydroxylation is 1. The Morgan fingerprint density at radius 3 is 2.75 bits per heavy atom. The lowest BCUT2D eigenvalue weighted by Gasteiger charge is -2.20. The number of nitrogens with two attached hydrogens (primary N) is 1. The Balaban J connectivity index is 2.29. The summed E-state index contributed by atoms with van der Waals surface area (Å²) < 4.78 is 32.8. The fourth-order valence-corrected chi connectivity index (χ4v) is 4.40. The highest BCUT2D eigenvalue weighted by atomic mass is 35.5. The molecule has 2 rings (SSSR count). The summed E-state index contributed by atoms with van der Waals surface area (Å²) in [7, 11) is -2.11. The van der Waals surface area contributed by atoms with E-state index in [1.807, 2.05) is 0 Å². The zero-order chi connectivity index (χ0) is 14.9. The van der Waals surface area contributed by atoms with Gasteiger partial charge in [-0.15, -0.1) is 0 Å². The second kappa shape index (κ2) is 5.89. The molecule has 0 bridgehead atoms. The van der Waals surface area contributed by atoms with Crippen molar-refractivity contribution in [1.82, 2.24) is 4.72 Å². The van der Waals surface area contributed by atoms with Crippen molar-refractivity contribution in [2.24, 2.45) is 0 Å². The lowest BCUT2D eigenvalue weighted by atomic mass is 10.2. The van der Waals surface area contributed by atoms with E-state index in [1.165, 1.54) is 6.07 Å². The number of nitrogens with one attached hydrogen (secondary N) is 1. The predicted octanol–water partition coefficient (Wildman–Crippen LogP) is 2.08. The average Bonchev–Trinajstić information content (AvgIpc) is 2.80. The molecule has 1 aromatic rings. The number of hydrogen-bond donors (Lipinski definition) is 2. The van der Waals surface area contributed by atoms with E-state index in [0.717, 1.165) is 24.8 Å². The van der Waals surface area contributed by atoms with E-state index >= 15 is 0 Å². The summed E-state index contributed by atoms with van der Waals surface area (Å²) in [5, 5.41) is 0.177. The van der Waals surface area contributed by atoms with Gasteiger partial charge in [-0.1, -0.05) is 11.6 Å². The van der Waals surface area contributed by atoms with Gasteiger partial charge in [0, 0.05) is 18.8 Å². The molecule has 0 radical (unpaired) electrons.